The van der Waals surface area contributed by atoms with Gasteiger partial charge in [0.25, 0.3) is 0 Å². The molecule has 0 aliphatic carbocycles. The number of rotatable bonds is 6. The van der Waals surface area contributed by atoms with Crippen LogP contribution in [0.25, 0.3) is 11.3 Å². The lowest BCUT2D eigenvalue weighted by Gasteiger charge is -2.19. The van der Waals surface area contributed by atoms with Crippen LogP contribution in [0.2, 0.25) is 0 Å². The number of carbonyl (C=O) groups excluding carboxylic acids is 2. The lowest BCUT2D eigenvalue weighted by atomic mass is 10.1. The third kappa shape index (κ3) is 5.89. The minimum atomic E-state index is -0.570. The second kappa shape index (κ2) is 10.5. The standard InChI is InChI=1S/C31H30N4O3/c1-31(2,3)38-30(37)32-24-16-14-22(15-17-24)19-26-29(36)35-20-27(23-12-8-5-9-13-23)33-25(28(35)34-26)18-21-10-6-4-7-11-21/h4-17,20,26H,18-19H2,1-3H3,(H,32,37)/p+1. The Morgan fingerprint density at radius 2 is 1.61 bits per heavy atom. The van der Waals surface area contributed by atoms with E-state index in [4.69, 9.17) is 9.72 Å². The van der Waals surface area contributed by atoms with Crippen LogP contribution in [-0.2, 0) is 17.6 Å². The number of benzene rings is 3. The molecule has 0 radical (unpaired) electrons. The van der Waals surface area contributed by atoms with Crippen LogP contribution in [0, 0.1) is 0 Å². The summed E-state index contributed by atoms with van der Waals surface area (Å²) < 4.78 is 7.02. The normalized spacial score (nSPS) is 14.5. The largest absolute Gasteiger partial charge is 0.444 e. The van der Waals surface area contributed by atoms with Gasteiger partial charge in [-0.2, -0.15) is 4.57 Å². The fraction of sp³-hybridized carbons (Fsp3) is 0.226. The van der Waals surface area contributed by atoms with Crippen molar-refractivity contribution in [3.63, 3.8) is 0 Å². The predicted octanol–water partition coefficient (Wildman–Crippen LogP) is 5.65. The molecule has 3 aromatic carbocycles. The summed E-state index contributed by atoms with van der Waals surface area (Å²) in [5.41, 5.74) is 4.70. The minimum Gasteiger partial charge on any atom is -0.444 e. The molecule has 38 heavy (non-hydrogen) atoms. The number of nitrogens with zero attached hydrogens (tertiary/aromatic N) is 2. The maximum atomic E-state index is 13.5. The average molecular weight is 508 g/mol. The Labute approximate surface area is 222 Å². The maximum absolute atomic E-state index is 13.5. The molecule has 1 amide bonds. The van der Waals surface area contributed by atoms with Crippen LogP contribution >= 0.6 is 0 Å². The third-order valence-electron chi connectivity index (χ3n) is 6.19. The summed E-state index contributed by atoms with van der Waals surface area (Å²) in [6, 6.07) is 27.1. The van der Waals surface area contributed by atoms with E-state index in [1.807, 2.05) is 99.8 Å². The van der Waals surface area contributed by atoms with Crippen molar-refractivity contribution < 1.29 is 18.9 Å². The van der Waals surface area contributed by atoms with Crippen LogP contribution in [0.5, 0.6) is 0 Å². The fourth-order valence-corrected chi connectivity index (χ4v) is 4.45. The zero-order chi connectivity index (χ0) is 26.7. The zero-order valence-electron chi connectivity index (χ0n) is 21.8. The second-order valence-corrected chi connectivity index (χ2v) is 10.4. The van der Waals surface area contributed by atoms with E-state index in [1.165, 1.54) is 0 Å². The first-order chi connectivity index (χ1) is 18.2. The smallest absolute Gasteiger partial charge is 0.412 e. The Hall–Kier alpha value is -4.52. The average Bonchev–Trinajstić information content (AvgIpc) is 3.20. The molecule has 192 valence electrons. The SMILES string of the molecule is CC(C)(C)OC(=O)Nc1ccc(CC2Nc3c(Cc4ccccc4)nc(-c4ccccc4)c[n+]3C2=O)cc1. The number of carbonyl (C=O) groups is 2. The topological polar surface area (TPSA) is 84.2 Å². The molecule has 0 fully saturated rings. The molecule has 0 saturated heterocycles. The van der Waals surface area contributed by atoms with E-state index in [1.54, 1.807) is 4.57 Å². The molecular weight excluding hydrogens is 476 g/mol. The molecule has 2 N–H and O–H groups in total. The lowest BCUT2D eigenvalue weighted by molar-refractivity contribution is -0.552. The van der Waals surface area contributed by atoms with Crippen molar-refractivity contribution in [3.8, 4) is 11.3 Å². The van der Waals surface area contributed by atoms with Gasteiger partial charge in [0, 0.05) is 24.1 Å². The van der Waals surface area contributed by atoms with E-state index in [9.17, 15) is 9.59 Å². The van der Waals surface area contributed by atoms with Crippen LogP contribution in [0.15, 0.2) is 91.1 Å². The molecular formula is C31H31N4O3+. The fourth-order valence-electron chi connectivity index (χ4n) is 4.45. The summed E-state index contributed by atoms with van der Waals surface area (Å²) >= 11 is 0. The number of fused-ring (bicyclic) bond motifs is 1. The van der Waals surface area contributed by atoms with E-state index in [0.29, 0.717) is 18.5 Å². The number of ether oxygens (including phenoxy) is 1. The van der Waals surface area contributed by atoms with Crippen LogP contribution in [0.3, 0.4) is 0 Å². The minimum absolute atomic E-state index is 0.0233. The lowest BCUT2D eigenvalue weighted by Crippen LogP contribution is -2.44. The van der Waals surface area contributed by atoms with E-state index in [2.05, 4.69) is 22.8 Å². The van der Waals surface area contributed by atoms with Gasteiger partial charge in [-0.3, -0.25) is 10.6 Å². The molecule has 0 saturated carbocycles. The van der Waals surface area contributed by atoms with E-state index in [-0.39, 0.29) is 5.91 Å². The van der Waals surface area contributed by atoms with Crippen molar-refractivity contribution >= 4 is 23.5 Å². The number of nitrogens with one attached hydrogen (secondary N) is 2. The van der Waals surface area contributed by atoms with Gasteiger partial charge < -0.3 is 4.74 Å². The number of hydrogen-bond acceptors (Lipinski definition) is 5. The number of amides is 1. The summed E-state index contributed by atoms with van der Waals surface area (Å²) in [6.07, 6.45) is 2.42. The highest BCUT2D eigenvalue weighted by atomic mass is 16.6. The first-order valence-corrected chi connectivity index (χ1v) is 12.7. The van der Waals surface area contributed by atoms with Crippen molar-refractivity contribution in [1.82, 2.24) is 4.98 Å². The Morgan fingerprint density at radius 1 is 0.947 bits per heavy atom. The monoisotopic (exact) mass is 507 g/mol. The molecule has 1 aliphatic heterocycles. The summed E-state index contributed by atoms with van der Waals surface area (Å²) in [5.74, 6) is 0.705. The molecule has 4 aromatic rings. The highest BCUT2D eigenvalue weighted by molar-refractivity contribution is 5.85. The van der Waals surface area contributed by atoms with E-state index < -0.39 is 17.7 Å². The van der Waals surface area contributed by atoms with Crippen LogP contribution in [0.1, 0.15) is 42.4 Å². The number of anilines is 2. The van der Waals surface area contributed by atoms with Gasteiger partial charge in [-0.25, -0.2) is 14.6 Å². The molecule has 1 aromatic heterocycles. The molecule has 1 aliphatic rings. The van der Waals surface area contributed by atoms with E-state index >= 15 is 0 Å². The van der Waals surface area contributed by atoms with Crippen LogP contribution < -0.4 is 15.2 Å². The quantitative estimate of drug-likeness (QED) is 0.330. The molecule has 0 spiro atoms. The first kappa shape index (κ1) is 25.1. The van der Waals surface area contributed by atoms with Gasteiger partial charge in [0.2, 0.25) is 0 Å². The van der Waals surface area contributed by atoms with Crippen molar-refractivity contribution in [2.24, 2.45) is 0 Å². The Kier molecular flexibility index (Phi) is 6.92. The molecule has 7 heteroatoms. The number of hydrogen-bond donors (Lipinski definition) is 2. The third-order valence-corrected chi connectivity index (χ3v) is 6.19. The van der Waals surface area contributed by atoms with Crippen molar-refractivity contribution in [2.45, 2.75) is 45.3 Å². The van der Waals surface area contributed by atoms with Gasteiger partial charge in [0.15, 0.2) is 6.04 Å². The van der Waals surface area contributed by atoms with Gasteiger partial charge in [0.1, 0.15) is 23.2 Å². The second-order valence-electron chi connectivity index (χ2n) is 10.4. The van der Waals surface area contributed by atoms with Gasteiger partial charge in [-0.15, -0.1) is 0 Å². The van der Waals surface area contributed by atoms with Gasteiger partial charge in [0.05, 0.1) is 0 Å². The maximum Gasteiger partial charge on any atom is 0.412 e. The van der Waals surface area contributed by atoms with Crippen molar-refractivity contribution in [1.29, 1.82) is 0 Å². The summed E-state index contributed by atoms with van der Waals surface area (Å²) in [5, 5.41) is 6.17. The molecule has 2 heterocycles. The van der Waals surface area contributed by atoms with Gasteiger partial charge in [-0.1, -0.05) is 72.8 Å². The molecule has 0 bridgehead atoms. The summed E-state index contributed by atoms with van der Waals surface area (Å²) in [7, 11) is 0. The molecule has 1 atom stereocenters. The summed E-state index contributed by atoms with van der Waals surface area (Å²) in [4.78, 5) is 30.6. The van der Waals surface area contributed by atoms with Gasteiger partial charge in [-0.05, 0) is 44.0 Å². The predicted molar refractivity (Wildman–Crippen MR) is 147 cm³/mol. The summed E-state index contributed by atoms with van der Waals surface area (Å²) in [6.45, 7) is 5.46. The Bertz CT molecular complexity index is 1450. The number of aromatic nitrogens is 2. The zero-order valence-corrected chi connectivity index (χ0v) is 21.8. The first-order valence-electron chi connectivity index (χ1n) is 12.7. The van der Waals surface area contributed by atoms with Crippen LogP contribution in [0.4, 0.5) is 16.3 Å². The van der Waals surface area contributed by atoms with Crippen molar-refractivity contribution in [2.75, 3.05) is 10.6 Å². The Morgan fingerprint density at radius 3 is 2.26 bits per heavy atom. The van der Waals surface area contributed by atoms with Gasteiger partial charge >= 0.3 is 17.8 Å². The molecule has 5 rings (SSSR count). The van der Waals surface area contributed by atoms with Crippen LogP contribution in [-0.4, -0.2) is 28.6 Å². The molecule has 1 unspecified atom stereocenters. The molecule has 7 nitrogen and oxygen atoms in total. The van der Waals surface area contributed by atoms with Crippen molar-refractivity contribution in [3.05, 3.63) is 108 Å². The Balaban J connectivity index is 1.37. The van der Waals surface area contributed by atoms with E-state index in [0.717, 1.165) is 33.9 Å². The highest BCUT2D eigenvalue weighted by Gasteiger charge is 2.41. The highest BCUT2D eigenvalue weighted by Crippen LogP contribution is 2.25.